The van der Waals surface area contributed by atoms with Gasteiger partial charge in [-0.1, -0.05) is 12.1 Å². The van der Waals surface area contributed by atoms with E-state index in [1.165, 1.54) is 0 Å². The third-order valence-electron chi connectivity index (χ3n) is 3.86. The summed E-state index contributed by atoms with van der Waals surface area (Å²) in [6, 6.07) is 11.2. The zero-order valence-corrected chi connectivity index (χ0v) is 16.1. The normalized spacial score (nSPS) is 10.8. The molecule has 0 saturated heterocycles. The molecule has 6 nitrogen and oxygen atoms in total. The molecule has 144 valence electrons. The lowest BCUT2D eigenvalue weighted by molar-refractivity contribution is -0.127. The van der Waals surface area contributed by atoms with Crippen molar-refractivity contribution in [2.75, 3.05) is 34.0 Å². The minimum Gasteiger partial charge on any atom is -0.493 e. The summed E-state index contributed by atoms with van der Waals surface area (Å²) in [5, 5.41) is 0. The topological polar surface area (TPSA) is 60.9 Å². The van der Waals surface area contributed by atoms with Gasteiger partial charge in [-0.05, 0) is 42.8 Å². The molecule has 0 fully saturated rings. The first-order valence-corrected chi connectivity index (χ1v) is 8.84. The van der Waals surface area contributed by atoms with Gasteiger partial charge in [0, 0.05) is 25.9 Å². The third kappa shape index (κ3) is 6.42. The molecule has 0 unspecified atom stereocenters. The molecule has 27 heavy (non-hydrogen) atoms. The number of carbonyl (C=O) groups is 1. The summed E-state index contributed by atoms with van der Waals surface area (Å²) in [6.07, 6.45) is 5.03. The van der Waals surface area contributed by atoms with Crippen molar-refractivity contribution in [3.63, 3.8) is 0 Å². The van der Waals surface area contributed by atoms with Crippen molar-refractivity contribution in [1.29, 1.82) is 0 Å². The van der Waals surface area contributed by atoms with Gasteiger partial charge in [-0.25, -0.2) is 0 Å². The van der Waals surface area contributed by atoms with Crippen LogP contribution < -0.4 is 9.47 Å². The highest BCUT2D eigenvalue weighted by Gasteiger charge is 2.12. The number of hydrogen-bond acceptors (Lipinski definition) is 5. The maximum atomic E-state index is 12.7. The van der Waals surface area contributed by atoms with Crippen molar-refractivity contribution in [1.82, 2.24) is 9.88 Å². The number of ether oxygens (including phenoxy) is 3. The van der Waals surface area contributed by atoms with Gasteiger partial charge in [0.1, 0.15) is 0 Å². The fourth-order valence-corrected chi connectivity index (χ4v) is 2.49. The fourth-order valence-electron chi connectivity index (χ4n) is 2.49. The van der Waals surface area contributed by atoms with Crippen LogP contribution in [0, 0.1) is 0 Å². The van der Waals surface area contributed by atoms with E-state index in [2.05, 4.69) is 4.98 Å². The Morgan fingerprint density at radius 1 is 1.19 bits per heavy atom. The van der Waals surface area contributed by atoms with Crippen molar-refractivity contribution in [2.45, 2.75) is 13.5 Å². The van der Waals surface area contributed by atoms with Crippen molar-refractivity contribution in [2.24, 2.45) is 0 Å². The van der Waals surface area contributed by atoms with Crippen molar-refractivity contribution < 1.29 is 19.0 Å². The SMILES string of the molecule is CCOc1ccc(/C=C/C(=O)N(CCOC)Cc2ccccn2)cc1OC. The van der Waals surface area contributed by atoms with E-state index in [0.29, 0.717) is 37.8 Å². The number of benzene rings is 1. The minimum atomic E-state index is -0.106. The fraction of sp³-hybridized carbons (Fsp3) is 0.333. The predicted molar refractivity (Wildman–Crippen MR) is 105 cm³/mol. The molecule has 1 aromatic carbocycles. The molecule has 1 amide bonds. The van der Waals surface area contributed by atoms with E-state index in [4.69, 9.17) is 14.2 Å². The smallest absolute Gasteiger partial charge is 0.247 e. The highest BCUT2D eigenvalue weighted by atomic mass is 16.5. The van der Waals surface area contributed by atoms with Gasteiger partial charge in [0.15, 0.2) is 11.5 Å². The molecule has 1 heterocycles. The lowest BCUT2D eigenvalue weighted by Gasteiger charge is -2.20. The summed E-state index contributed by atoms with van der Waals surface area (Å²) in [5.74, 6) is 1.21. The van der Waals surface area contributed by atoms with E-state index in [1.807, 2.05) is 43.3 Å². The van der Waals surface area contributed by atoms with Crippen molar-refractivity contribution >= 4 is 12.0 Å². The molecule has 2 rings (SSSR count). The van der Waals surface area contributed by atoms with E-state index in [1.54, 1.807) is 37.5 Å². The van der Waals surface area contributed by atoms with Gasteiger partial charge in [0.2, 0.25) is 5.91 Å². The van der Waals surface area contributed by atoms with E-state index in [0.717, 1.165) is 11.3 Å². The van der Waals surface area contributed by atoms with Crippen LogP contribution in [0.2, 0.25) is 0 Å². The van der Waals surface area contributed by atoms with E-state index >= 15 is 0 Å². The zero-order chi connectivity index (χ0) is 19.5. The molecule has 6 heteroatoms. The van der Waals surface area contributed by atoms with Gasteiger partial charge in [-0.2, -0.15) is 0 Å². The summed E-state index contributed by atoms with van der Waals surface area (Å²) in [5.41, 5.74) is 1.69. The standard InChI is InChI=1S/C21H26N2O4/c1-4-27-19-10-8-17(15-20(19)26-3)9-11-21(24)23(13-14-25-2)16-18-7-5-6-12-22-18/h5-12,15H,4,13-14,16H2,1-3H3/b11-9+. The molecule has 0 aliphatic carbocycles. The first kappa shape index (κ1) is 20.5. The molecule has 0 saturated carbocycles. The number of carbonyl (C=O) groups excluding carboxylic acids is 1. The van der Waals surface area contributed by atoms with Crippen LogP contribution in [0.3, 0.4) is 0 Å². The van der Waals surface area contributed by atoms with Crippen molar-refractivity contribution in [3.8, 4) is 11.5 Å². The third-order valence-corrected chi connectivity index (χ3v) is 3.86. The molecule has 0 aliphatic rings. The highest BCUT2D eigenvalue weighted by Crippen LogP contribution is 2.28. The van der Waals surface area contributed by atoms with Crippen molar-refractivity contribution in [3.05, 3.63) is 59.9 Å². The summed E-state index contributed by atoms with van der Waals surface area (Å²) < 4.78 is 16.0. The lowest BCUT2D eigenvalue weighted by Crippen LogP contribution is -2.32. The van der Waals surface area contributed by atoms with Gasteiger partial charge in [-0.15, -0.1) is 0 Å². The maximum absolute atomic E-state index is 12.7. The Balaban J connectivity index is 2.10. The Morgan fingerprint density at radius 3 is 2.70 bits per heavy atom. The second-order valence-corrected chi connectivity index (χ2v) is 5.75. The Labute approximate surface area is 160 Å². The van der Waals surface area contributed by atoms with Gasteiger partial charge >= 0.3 is 0 Å². The molecule has 0 bridgehead atoms. The molecule has 0 spiro atoms. The van der Waals surface area contributed by atoms with E-state index < -0.39 is 0 Å². The number of rotatable bonds is 10. The Hall–Kier alpha value is -2.86. The quantitative estimate of drug-likeness (QED) is 0.601. The minimum absolute atomic E-state index is 0.106. The molecule has 0 aliphatic heterocycles. The molecule has 1 aromatic heterocycles. The van der Waals surface area contributed by atoms with Crippen LogP contribution >= 0.6 is 0 Å². The largest absolute Gasteiger partial charge is 0.493 e. The zero-order valence-electron chi connectivity index (χ0n) is 16.1. The Bertz CT molecular complexity index is 747. The summed E-state index contributed by atoms with van der Waals surface area (Å²) in [6.45, 7) is 3.86. The predicted octanol–water partition coefficient (Wildman–Crippen LogP) is 3.18. The second kappa shape index (κ2) is 11.0. The molecular formula is C21H26N2O4. The van der Waals surface area contributed by atoms with Crippen LogP contribution in [0.15, 0.2) is 48.7 Å². The van der Waals surface area contributed by atoms with E-state index in [-0.39, 0.29) is 5.91 Å². The van der Waals surface area contributed by atoms with Crippen LogP contribution in [-0.4, -0.2) is 49.8 Å². The Kier molecular flexibility index (Phi) is 8.32. The average Bonchev–Trinajstić information content (AvgIpc) is 2.71. The summed E-state index contributed by atoms with van der Waals surface area (Å²) >= 11 is 0. The number of methoxy groups -OCH3 is 2. The first-order chi connectivity index (χ1) is 13.2. The lowest BCUT2D eigenvalue weighted by atomic mass is 10.2. The van der Waals surface area contributed by atoms with E-state index in [9.17, 15) is 4.79 Å². The molecule has 0 atom stereocenters. The molecule has 0 radical (unpaired) electrons. The van der Waals surface area contributed by atoms with Gasteiger partial charge in [0.25, 0.3) is 0 Å². The number of pyridine rings is 1. The molecular weight excluding hydrogens is 344 g/mol. The van der Waals surface area contributed by atoms with Crippen LogP contribution in [0.25, 0.3) is 6.08 Å². The van der Waals surface area contributed by atoms with Gasteiger partial charge in [-0.3, -0.25) is 9.78 Å². The summed E-state index contributed by atoms with van der Waals surface area (Å²) in [4.78, 5) is 18.6. The summed E-state index contributed by atoms with van der Waals surface area (Å²) in [7, 11) is 3.21. The second-order valence-electron chi connectivity index (χ2n) is 5.75. The van der Waals surface area contributed by atoms with Gasteiger partial charge < -0.3 is 19.1 Å². The highest BCUT2D eigenvalue weighted by molar-refractivity contribution is 5.91. The van der Waals surface area contributed by atoms with Crippen LogP contribution in [0.1, 0.15) is 18.2 Å². The Morgan fingerprint density at radius 2 is 2.04 bits per heavy atom. The number of nitrogens with zero attached hydrogens (tertiary/aromatic N) is 2. The number of amides is 1. The number of hydrogen-bond donors (Lipinski definition) is 0. The van der Waals surface area contributed by atoms with Gasteiger partial charge in [0.05, 0.1) is 32.6 Å². The van der Waals surface area contributed by atoms with Crippen LogP contribution in [0.5, 0.6) is 11.5 Å². The monoisotopic (exact) mass is 370 g/mol. The maximum Gasteiger partial charge on any atom is 0.247 e. The first-order valence-electron chi connectivity index (χ1n) is 8.84. The molecule has 2 aromatic rings. The molecule has 0 N–H and O–H groups in total. The number of aromatic nitrogens is 1. The average molecular weight is 370 g/mol. The van der Waals surface area contributed by atoms with Crippen LogP contribution in [0.4, 0.5) is 0 Å². The van der Waals surface area contributed by atoms with Crippen LogP contribution in [-0.2, 0) is 16.1 Å².